The molecule has 1 aliphatic heterocycles. The molecule has 2 aliphatic rings. The summed E-state index contributed by atoms with van der Waals surface area (Å²) in [6.07, 6.45) is 3.42. The first kappa shape index (κ1) is 16.3. The van der Waals surface area contributed by atoms with E-state index >= 15 is 0 Å². The normalized spacial score (nSPS) is 22.9. The van der Waals surface area contributed by atoms with E-state index in [1.807, 2.05) is 13.8 Å². The summed E-state index contributed by atoms with van der Waals surface area (Å²) in [4.78, 5) is 12.6. The van der Waals surface area contributed by atoms with Gasteiger partial charge in [0.25, 0.3) is 0 Å². The second-order valence-electron chi connectivity index (χ2n) is 7.15. The number of aliphatic hydroxyl groups is 1. The number of hydrogen-bond acceptors (Lipinski definition) is 3. The van der Waals surface area contributed by atoms with E-state index in [4.69, 9.17) is 4.74 Å². The Morgan fingerprint density at radius 1 is 1.13 bits per heavy atom. The van der Waals surface area contributed by atoms with Gasteiger partial charge in [0.05, 0.1) is 5.57 Å². The topological polar surface area (TPSA) is 46.5 Å². The van der Waals surface area contributed by atoms with E-state index in [9.17, 15) is 9.90 Å². The van der Waals surface area contributed by atoms with Gasteiger partial charge in [0.15, 0.2) is 5.78 Å². The summed E-state index contributed by atoms with van der Waals surface area (Å²) in [5.74, 6) is 0.954. The van der Waals surface area contributed by atoms with Gasteiger partial charge in [-0.2, -0.15) is 0 Å². The number of carbonyl (C=O) groups excluding carboxylic acids is 1. The Morgan fingerprint density at radius 2 is 1.74 bits per heavy atom. The van der Waals surface area contributed by atoms with Crippen LogP contribution >= 0.6 is 0 Å². The number of ether oxygens (including phenoxy) is 1. The number of benzene rings is 1. The molecule has 1 aliphatic carbocycles. The van der Waals surface area contributed by atoms with E-state index in [2.05, 4.69) is 19.1 Å². The number of ketones is 1. The molecule has 23 heavy (non-hydrogen) atoms. The zero-order valence-corrected chi connectivity index (χ0v) is 14.3. The number of allylic oxidation sites excluding steroid dienone is 2. The zero-order chi connectivity index (χ0) is 16.6. The van der Waals surface area contributed by atoms with E-state index in [0.717, 1.165) is 49.2 Å². The Labute approximate surface area is 138 Å². The molecule has 124 valence electrons. The molecule has 3 rings (SSSR count). The van der Waals surface area contributed by atoms with Gasteiger partial charge in [-0.05, 0) is 62.6 Å². The summed E-state index contributed by atoms with van der Waals surface area (Å²) in [5, 5.41) is 10.7. The fourth-order valence-electron chi connectivity index (χ4n) is 4.19. The molecule has 3 nitrogen and oxygen atoms in total. The average Bonchev–Trinajstić information content (AvgIpc) is 2.75. The molecular weight excluding hydrogens is 288 g/mol. The number of hydrogen-bond donors (Lipinski definition) is 1. The third-order valence-electron chi connectivity index (χ3n) is 5.24. The van der Waals surface area contributed by atoms with Crippen LogP contribution in [0, 0.1) is 32.6 Å². The molecule has 3 heteroatoms. The van der Waals surface area contributed by atoms with Gasteiger partial charge in [0, 0.05) is 25.6 Å². The van der Waals surface area contributed by atoms with Crippen LogP contribution in [0.5, 0.6) is 0 Å². The minimum absolute atomic E-state index is 0.0132. The molecule has 0 radical (unpaired) electrons. The Bertz CT molecular complexity index is 628. The molecule has 0 bridgehead atoms. The molecule has 1 fully saturated rings. The minimum Gasteiger partial charge on any atom is -0.511 e. The number of Topliss-reactive ketones (excluding diaryl/α,β-unsaturated/α-hetero) is 1. The summed E-state index contributed by atoms with van der Waals surface area (Å²) in [7, 11) is 0. The molecular formula is C20H26O3. The number of aryl methyl sites for hydroxylation is 3. The molecule has 0 aromatic heterocycles. The van der Waals surface area contributed by atoms with Crippen LogP contribution in [0.15, 0.2) is 17.9 Å². The van der Waals surface area contributed by atoms with Crippen LogP contribution < -0.4 is 0 Å². The van der Waals surface area contributed by atoms with Crippen LogP contribution in [0.3, 0.4) is 0 Å². The van der Waals surface area contributed by atoms with Gasteiger partial charge in [-0.15, -0.1) is 0 Å². The van der Waals surface area contributed by atoms with Gasteiger partial charge >= 0.3 is 0 Å². The van der Waals surface area contributed by atoms with Crippen LogP contribution in [0.4, 0.5) is 0 Å². The molecule has 1 N–H and O–H groups in total. The molecule has 1 heterocycles. The third kappa shape index (κ3) is 3.20. The molecule has 0 amide bonds. The standard InChI is InChI=1S/C20H26O3/c1-12-8-13(2)18(14(3)9-12)19-17(21)11-16(20(19)22)10-15-4-6-23-7-5-15/h8-9,15-16,22H,4-7,10-11H2,1-3H3. The predicted octanol–water partition coefficient (Wildman–Crippen LogP) is 4.29. The molecule has 1 atom stereocenters. The number of carbonyl (C=O) groups is 1. The molecule has 0 spiro atoms. The van der Waals surface area contributed by atoms with Crippen molar-refractivity contribution in [3.8, 4) is 0 Å². The van der Waals surface area contributed by atoms with Gasteiger partial charge in [-0.1, -0.05) is 17.7 Å². The van der Waals surface area contributed by atoms with Crippen LogP contribution in [-0.2, 0) is 9.53 Å². The van der Waals surface area contributed by atoms with Crippen molar-refractivity contribution in [2.24, 2.45) is 11.8 Å². The fraction of sp³-hybridized carbons (Fsp3) is 0.550. The van der Waals surface area contributed by atoms with Crippen molar-refractivity contribution < 1.29 is 14.6 Å². The Hall–Kier alpha value is -1.61. The monoisotopic (exact) mass is 314 g/mol. The maximum absolute atomic E-state index is 12.6. The van der Waals surface area contributed by atoms with Crippen molar-refractivity contribution in [2.75, 3.05) is 13.2 Å². The lowest BCUT2D eigenvalue weighted by Crippen LogP contribution is -2.19. The molecule has 0 saturated carbocycles. The van der Waals surface area contributed by atoms with Gasteiger partial charge in [-0.25, -0.2) is 0 Å². The van der Waals surface area contributed by atoms with Crippen molar-refractivity contribution in [1.29, 1.82) is 0 Å². The Morgan fingerprint density at radius 3 is 2.35 bits per heavy atom. The number of aliphatic hydroxyl groups excluding tert-OH is 1. The Kier molecular flexibility index (Phi) is 4.58. The largest absolute Gasteiger partial charge is 0.511 e. The first-order chi connectivity index (χ1) is 11.0. The van der Waals surface area contributed by atoms with Crippen molar-refractivity contribution in [3.63, 3.8) is 0 Å². The third-order valence-corrected chi connectivity index (χ3v) is 5.24. The highest BCUT2D eigenvalue weighted by Gasteiger charge is 2.35. The van der Waals surface area contributed by atoms with Gasteiger partial charge < -0.3 is 9.84 Å². The highest BCUT2D eigenvalue weighted by molar-refractivity contribution is 6.24. The molecule has 1 aromatic rings. The quantitative estimate of drug-likeness (QED) is 0.905. The number of rotatable bonds is 3. The van der Waals surface area contributed by atoms with Gasteiger partial charge in [0.1, 0.15) is 5.76 Å². The maximum Gasteiger partial charge on any atom is 0.167 e. The molecule has 1 unspecified atom stereocenters. The maximum atomic E-state index is 12.6. The highest BCUT2D eigenvalue weighted by Crippen LogP contribution is 2.40. The average molecular weight is 314 g/mol. The van der Waals surface area contributed by atoms with Crippen LogP contribution in [-0.4, -0.2) is 24.1 Å². The van der Waals surface area contributed by atoms with Crippen molar-refractivity contribution in [3.05, 3.63) is 40.1 Å². The lowest BCUT2D eigenvalue weighted by Gasteiger charge is -2.24. The fourth-order valence-corrected chi connectivity index (χ4v) is 4.19. The highest BCUT2D eigenvalue weighted by atomic mass is 16.5. The summed E-state index contributed by atoms with van der Waals surface area (Å²) in [5.41, 5.74) is 4.84. The minimum atomic E-state index is -0.0132. The van der Waals surface area contributed by atoms with E-state index in [0.29, 0.717) is 23.7 Å². The van der Waals surface area contributed by atoms with E-state index in [-0.39, 0.29) is 11.7 Å². The summed E-state index contributed by atoms with van der Waals surface area (Å²) in [6, 6.07) is 4.17. The van der Waals surface area contributed by atoms with E-state index < -0.39 is 0 Å². The predicted molar refractivity (Wildman–Crippen MR) is 91.5 cm³/mol. The van der Waals surface area contributed by atoms with Crippen molar-refractivity contribution in [1.82, 2.24) is 0 Å². The SMILES string of the molecule is Cc1cc(C)c(C2=C(O)C(CC3CCOCC3)CC2=O)c(C)c1. The second-order valence-corrected chi connectivity index (χ2v) is 7.15. The van der Waals surface area contributed by atoms with Gasteiger partial charge in [0.2, 0.25) is 0 Å². The summed E-state index contributed by atoms with van der Waals surface area (Å²) < 4.78 is 5.40. The first-order valence-corrected chi connectivity index (χ1v) is 8.59. The molecule has 1 saturated heterocycles. The Balaban J connectivity index is 1.90. The zero-order valence-electron chi connectivity index (χ0n) is 14.3. The lowest BCUT2D eigenvalue weighted by atomic mass is 9.88. The first-order valence-electron chi connectivity index (χ1n) is 8.59. The second kappa shape index (κ2) is 6.48. The summed E-state index contributed by atoms with van der Waals surface area (Å²) >= 11 is 0. The van der Waals surface area contributed by atoms with Crippen molar-refractivity contribution in [2.45, 2.75) is 46.5 Å². The van der Waals surface area contributed by atoms with E-state index in [1.165, 1.54) is 5.56 Å². The lowest BCUT2D eigenvalue weighted by molar-refractivity contribution is -0.113. The van der Waals surface area contributed by atoms with Gasteiger partial charge in [-0.3, -0.25) is 4.79 Å². The van der Waals surface area contributed by atoms with Crippen LogP contribution in [0.2, 0.25) is 0 Å². The molecule has 1 aromatic carbocycles. The van der Waals surface area contributed by atoms with E-state index in [1.54, 1.807) is 0 Å². The summed E-state index contributed by atoms with van der Waals surface area (Å²) in [6.45, 7) is 7.71. The van der Waals surface area contributed by atoms with Crippen LogP contribution in [0.25, 0.3) is 5.57 Å². The van der Waals surface area contributed by atoms with Crippen molar-refractivity contribution >= 4 is 11.4 Å². The van der Waals surface area contributed by atoms with Crippen LogP contribution in [0.1, 0.15) is 47.9 Å². The smallest absolute Gasteiger partial charge is 0.167 e.